The molecule has 0 fully saturated rings. The van der Waals surface area contributed by atoms with Gasteiger partial charge in [-0.1, -0.05) is 67.6 Å². The molecule has 26 heavy (non-hydrogen) atoms. The van der Waals surface area contributed by atoms with Crippen molar-refractivity contribution in [2.45, 2.75) is 64.4 Å². The molecule has 0 aliphatic heterocycles. The molecule has 7 nitrogen and oxygen atoms in total. The summed E-state index contributed by atoms with van der Waals surface area (Å²) in [5.74, 6) is -0.581. The highest BCUT2D eigenvalue weighted by atomic mass is 16.6. The number of hydrogen-bond donors (Lipinski definition) is 1. The predicted molar refractivity (Wildman–Crippen MR) is 98.9 cm³/mol. The maximum atomic E-state index is 11.9. The highest BCUT2D eigenvalue weighted by Crippen LogP contribution is 2.11. The van der Waals surface area contributed by atoms with E-state index in [2.05, 4.69) is 5.16 Å². The molecule has 0 radical (unpaired) electrons. The average molecular weight is 364 g/mol. The molecule has 1 rings (SSSR count). The number of rotatable bonds is 14. The number of esters is 1. The third kappa shape index (κ3) is 10.4. The van der Waals surface area contributed by atoms with Crippen molar-refractivity contribution in [1.29, 1.82) is 0 Å². The standard InChI is InChI=1S/C19H28N2O5/c22-19(26-16-17-12-8-7-9-13-17)18(20-23)14-10-5-3-1-2-4-6-11-15-21(24)25/h7-9,12-13,23H,1-6,10-11,14-16H2. The molecule has 0 unspecified atom stereocenters. The average Bonchev–Trinajstić information content (AvgIpc) is 2.65. The Balaban J connectivity index is 2.05. The highest BCUT2D eigenvalue weighted by molar-refractivity contribution is 6.36. The Bertz CT molecular complexity index is 560. The first kappa shape index (κ1) is 21.6. The van der Waals surface area contributed by atoms with Crippen LogP contribution < -0.4 is 0 Å². The highest BCUT2D eigenvalue weighted by Gasteiger charge is 2.13. The molecule has 1 N–H and O–H groups in total. The summed E-state index contributed by atoms with van der Waals surface area (Å²) in [6, 6.07) is 9.35. The first-order valence-corrected chi connectivity index (χ1v) is 9.17. The van der Waals surface area contributed by atoms with E-state index in [9.17, 15) is 14.9 Å². The van der Waals surface area contributed by atoms with E-state index in [1.165, 1.54) is 0 Å². The molecule has 0 atom stereocenters. The van der Waals surface area contributed by atoms with Crippen LogP contribution in [0.2, 0.25) is 0 Å². The van der Waals surface area contributed by atoms with E-state index in [1.54, 1.807) is 0 Å². The van der Waals surface area contributed by atoms with E-state index in [0.29, 0.717) is 12.8 Å². The largest absolute Gasteiger partial charge is 0.456 e. The number of nitrogens with zero attached hydrogens (tertiary/aromatic N) is 2. The predicted octanol–water partition coefficient (Wildman–Crippen LogP) is 4.35. The number of benzene rings is 1. The molecule has 0 heterocycles. The quantitative estimate of drug-likeness (QED) is 0.132. The van der Waals surface area contributed by atoms with Crippen LogP contribution in [0.5, 0.6) is 0 Å². The zero-order valence-electron chi connectivity index (χ0n) is 15.1. The lowest BCUT2D eigenvalue weighted by molar-refractivity contribution is -0.480. The van der Waals surface area contributed by atoms with Gasteiger partial charge in [0, 0.05) is 17.8 Å². The summed E-state index contributed by atoms with van der Waals surface area (Å²) >= 11 is 0. The molecule has 1 aromatic carbocycles. The van der Waals surface area contributed by atoms with Crippen LogP contribution in [0, 0.1) is 10.1 Å². The second kappa shape index (κ2) is 13.8. The second-order valence-electron chi connectivity index (χ2n) is 6.24. The van der Waals surface area contributed by atoms with Gasteiger partial charge in [0.1, 0.15) is 6.61 Å². The van der Waals surface area contributed by atoms with Crippen molar-refractivity contribution in [3.8, 4) is 0 Å². The van der Waals surface area contributed by atoms with Crippen LogP contribution in [-0.2, 0) is 16.1 Å². The molecule has 0 saturated heterocycles. The van der Waals surface area contributed by atoms with Gasteiger partial charge >= 0.3 is 5.97 Å². The molecule has 0 aliphatic carbocycles. The number of ether oxygens (including phenoxy) is 1. The summed E-state index contributed by atoms with van der Waals surface area (Å²) in [5.41, 5.74) is 0.942. The van der Waals surface area contributed by atoms with Crippen molar-refractivity contribution >= 4 is 11.7 Å². The van der Waals surface area contributed by atoms with Gasteiger partial charge < -0.3 is 9.94 Å². The molecule has 0 bridgehead atoms. The summed E-state index contributed by atoms with van der Waals surface area (Å²) < 4.78 is 5.15. The maximum absolute atomic E-state index is 11.9. The molecule has 0 saturated carbocycles. The fourth-order valence-electron chi connectivity index (χ4n) is 2.59. The van der Waals surface area contributed by atoms with Gasteiger partial charge in [-0.15, -0.1) is 0 Å². The number of unbranched alkanes of at least 4 members (excludes halogenated alkanes) is 7. The van der Waals surface area contributed by atoms with Crippen molar-refractivity contribution in [1.82, 2.24) is 0 Å². The molecule has 144 valence electrons. The van der Waals surface area contributed by atoms with Crippen molar-refractivity contribution in [2.24, 2.45) is 5.16 Å². The molecular weight excluding hydrogens is 336 g/mol. The molecule has 1 aromatic rings. The molecule has 0 spiro atoms. The van der Waals surface area contributed by atoms with E-state index in [4.69, 9.17) is 9.94 Å². The minimum Gasteiger partial charge on any atom is -0.456 e. The Kier molecular flexibility index (Phi) is 11.5. The Morgan fingerprint density at radius 3 is 2.15 bits per heavy atom. The van der Waals surface area contributed by atoms with Crippen LogP contribution in [0.3, 0.4) is 0 Å². The summed E-state index contributed by atoms with van der Waals surface area (Å²) in [6.07, 6.45) is 7.84. The number of nitro groups is 1. The molecule has 0 amide bonds. The van der Waals surface area contributed by atoms with E-state index in [0.717, 1.165) is 50.5 Å². The van der Waals surface area contributed by atoms with Gasteiger partial charge in [0.25, 0.3) is 0 Å². The van der Waals surface area contributed by atoms with Crippen LogP contribution >= 0.6 is 0 Å². The van der Waals surface area contributed by atoms with E-state index >= 15 is 0 Å². The van der Waals surface area contributed by atoms with Gasteiger partial charge in [-0.05, 0) is 18.4 Å². The summed E-state index contributed by atoms with van der Waals surface area (Å²) in [7, 11) is 0. The van der Waals surface area contributed by atoms with Gasteiger partial charge in [-0.2, -0.15) is 0 Å². The third-order valence-electron chi connectivity index (χ3n) is 4.07. The van der Waals surface area contributed by atoms with Crippen molar-refractivity contribution in [2.75, 3.05) is 6.54 Å². The lowest BCUT2D eigenvalue weighted by atomic mass is 10.1. The van der Waals surface area contributed by atoms with E-state index < -0.39 is 5.97 Å². The molecule has 0 aliphatic rings. The number of carbonyl (C=O) groups is 1. The fourth-order valence-corrected chi connectivity index (χ4v) is 2.59. The van der Waals surface area contributed by atoms with Crippen LogP contribution in [0.25, 0.3) is 0 Å². The summed E-state index contributed by atoms with van der Waals surface area (Å²) in [6.45, 7) is 0.221. The second-order valence-corrected chi connectivity index (χ2v) is 6.24. The monoisotopic (exact) mass is 364 g/mol. The minimum absolute atomic E-state index is 0.0562. The Hall–Kier alpha value is -2.44. The van der Waals surface area contributed by atoms with Gasteiger partial charge in [0.2, 0.25) is 6.54 Å². The summed E-state index contributed by atoms with van der Waals surface area (Å²) in [5, 5.41) is 22.3. The normalized spacial score (nSPS) is 11.3. The molecule has 0 aromatic heterocycles. The van der Waals surface area contributed by atoms with Gasteiger partial charge in [0.05, 0.1) is 0 Å². The van der Waals surface area contributed by atoms with Crippen LogP contribution in [0.15, 0.2) is 35.5 Å². The van der Waals surface area contributed by atoms with Gasteiger partial charge in [0.15, 0.2) is 5.71 Å². The lowest BCUT2D eigenvalue weighted by Crippen LogP contribution is -2.17. The molecular formula is C19H28N2O5. The number of hydrogen-bond acceptors (Lipinski definition) is 6. The number of oxime groups is 1. The zero-order chi connectivity index (χ0) is 19.0. The van der Waals surface area contributed by atoms with Crippen molar-refractivity contribution in [3.63, 3.8) is 0 Å². The minimum atomic E-state index is -0.581. The maximum Gasteiger partial charge on any atom is 0.356 e. The topological polar surface area (TPSA) is 102 Å². The van der Waals surface area contributed by atoms with Crippen LogP contribution in [0.1, 0.15) is 63.4 Å². The first-order chi connectivity index (χ1) is 12.6. The Morgan fingerprint density at radius 1 is 1.00 bits per heavy atom. The summed E-state index contributed by atoms with van der Waals surface area (Å²) in [4.78, 5) is 21.8. The Morgan fingerprint density at radius 2 is 1.58 bits per heavy atom. The van der Waals surface area contributed by atoms with Gasteiger partial charge in [-0.3, -0.25) is 10.1 Å². The third-order valence-corrected chi connectivity index (χ3v) is 4.07. The molecule has 7 heteroatoms. The number of carbonyl (C=O) groups excluding carboxylic acids is 1. The van der Waals surface area contributed by atoms with Gasteiger partial charge in [-0.25, -0.2) is 4.79 Å². The van der Waals surface area contributed by atoms with Crippen molar-refractivity contribution < 1.29 is 19.7 Å². The van der Waals surface area contributed by atoms with E-state index in [-0.39, 0.29) is 23.8 Å². The van der Waals surface area contributed by atoms with E-state index in [1.807, 2.05) is 30.3 Å². The first-order valence-electron chi connectivity index (χ1n) is 9.17. The smallest absolute Gasteiger partial charge is 0.356 e. The van der Waals surface area contributed by atoms with Crippen molar-refractivity contribution in [3.05, 3.63) is 46.0 Å². The fraction of sp³-hybridized carbons (Fsp3) is 0.579. The zero-order valence-corrected chi connectivity index (χ0v) is 15.1. The Labute approximate surface area is 154 Å². The van der Waals surface area contributed by atoms with Crippen LogP contribution in [-0.4, -0.2) is 28.4 Å². The SMILES string of the molecule is O=C(OCc1ccccc1)C(CCCCCCCCCC[N+](=O)[O-])=NO. The lowest BCUT2D eigenvalue weighted by Gasteiger charge is -2.06. The van der Waals surface area contributed by atoms with Crippen LogP contribution in [0.4, 0.5) is 0 Å².